The third-order valence-electron chi connectivity index (χ3n) is 3.98. The Balaban J connectivity index is 1.60. The van der Waals surface area contributed by atoms with Crippen LogP contribution in [0.25, 0.3) is 0 Å². The van der Waals surface area contributed by atoms with E-state index < -0.39 is 17.6 Å². The molecular formula is C18H18N2O4. The summed E-state index contributed by atoms with van der Waals surface area (Å²) >= 11 is 0. The molecule has 124 valence electrons. The Morgan fingerprint density at radius 2 is 1.92 bits per heavy atom. The van der Waals surface area contributed by atoms with E-state index >= 15 is 0 Å². The maximum Gasteiger partial charge on any atom is 0.408 e. The van der Waals surface area contributed by atoms with E-state index in [2.05, 4.69) is 15.0 Å². The average Bonchev–Trinajstić information content (AvgIpc) is 3.41. The summed E-state index contributed by atoms with van der Waals surface area (Å²) in [4.78, 5) is 27.7. The number of amides is 1. The van der Waals surface area contributed by atoms with Crippen molar-refractivity contribution in [1.82, 2.24) is 10.3 Å². The summed E-state index contributed by atoms with van der Waals surface area (Å²) in [5.41, 5.74) is 1.52. The fourth-order valence-corrected chi connectivity index (χ4v) is 2.44. The van der Waals surface area contributed by atoms with E-state index in [0.29, 0.717) is 11.3 Å². The number of ether oxygens (including phenoxy) is 2. The zero-order valence-corrected chi connectivity index (χ0v) is 13.3. The summed E-state index contributed by atoms with van der Waals surface area (Å²) in [5, 5.41) is 2.88. The molecule has 24 heavy (non-hydrogen) atoms. The molecule has 0 spiro atoms. The van der Waals surface area contributed by atoms with Crippen LogP contribution in [-0.4, -0.2) is 24.2 Å². The van der Waals surface area contributed by atoms with Gasteiger partial charge in [-0.05, 0) is 30.5 Å². The quantitative estimate of drug-likeness (QED) is 0.855. The molecule has 3 rings (SSSR count). The van der Waals surface area contributed by atoms with Crippen LogP contribution >= 0.6 is 0 Å². The highest BCUT2D eigenvalue weighted by Crippen LogP contribution is 2.44. The van der Waals surface area contributed by atoms with E-state index in [1.165, 1.54) is 13.3 Å². The molecule has 0 atom stereocenters. The molecule has 2 aromatic rings. The number of rotatable bonds is 5. The predicted octanol–water partition coefficient (Wildman–Crippen LogP) is 2.78. The predicted molar refractivity (Wildman–Crippen MR) is 86.3 cm³/mol. The van der Waals surface area contributed by atoms with Crippen LogP contribution < -0.4 is 5.32 Å². The normalized spacial score (nSPS) is 14.5. The summed E-state index contributed by atoms with van der Waals surface area (Å²) < 4.78 is 9.90. The average molecular weight is 326 g/mol. The molecule has 6 heteroatoms. The number of benzene rings is 1. The topological polar surface area (TPSA) is 77.5 Å². The van der Waals surface area contributed by atoms with Gasteiger partial charge in [-0.1, -0.05) is 30.3 Å². The molecular weight excluding hydrogens is 308 g/mol. The second-order valence-corrected chi connectivity index (χ2v) is 5.69. The van der Waals surface area contributed by atoms with Gasteiger partial charge in [0.1, 0.15) is 6.61 Å². The Bertz CT molecular complexity index is 724. The number of nitrogens with zero attached hydrogens (tertiary/aromatic N) is 1. The van der Waals surface area contributed by atoms with Crippen molar-refractivity contribution in [2.75, 3.05) is 7.11 Å². The van der Waals surface area contributed by atoms with Crippen LogP contribution in [0.4, 0.5) is 4.79 Å². The number of esters is 1. The first-order valence-electron chi connectivity index (χ1n) is 7.67. The summed E-state index contributed by atoms with van der Waals surface area (Å²) in [5.74, 6) is -0.436. The first-order chi connectivity index (χ1) is 11.6. The molecule has 1 aromatic carbocycles. The Hall–Kier alpha value is -2.89. The molecule has 0 saturated heterocycles. The summed E-state index contributed by atoms with van der Waals surface area (Å²) in [6.07, 6.45) is 2.56. The minimum atomic E-state index is -0.498. The number of methoxy groups -OCH3 is 1. The van der Waals surface area contributed by atoms with Gasteiger partial charge in [-0.3, -0.25) is 4.98 Å². The molecule has 1 saturated carbocycles. The number of carbonyl (C=O) groups excluding carboxylic acids is 2. The van der Waals surface area contributed by atoms with Gasteiger partial charge in [0.25, 0.3) is 0 Å². The van der Waals surface area contributed by atoms with E-state index in [9.17, 15) is 9.59 Å². The van der Waals surface area contributed by atoms with Gasteiger partial charge >= 0.3 is 12.1 Å². The highest BCUT2D eigenvalue weighted by Gasteiger charge is 2.47. The lowest BCUT2D eigenvalue weighted by Gasteiger charge is -2.17. The molecule has 1 N–H and O–H groups in total. The van der Waals surface area contributed by atoms with Crippen LogP contribution in [0.5, 0.6) is 0 Å². The highest BCUT2D eigenvalue weighted by molar-refractivity contribution is 5.88. The van der Waals surface area contributed by atoms with Gasteiger partial charge < -0.3 is 14.8 Å². The van der Waals surface area contributed by atoms with Gasteiger partial charge in [-0.15, -0.1) is 0 Å². The third kappa shape index (κ3) is 3.53. The first kappa shape index (κ1) is 16.0. The van der Waals surface area contributed by atoms with Crippen molar-refractivity contribution in [2.45, 2.75) is 25.0 Å². The highest BCUT2D eigenvalue weighted by atomic mass is 16.5. The lowest BCUT2D eigenvalue weighted by atomic mass is 10.1. The lowest BCUT2D eigenvalue weighted by Crippen LogP contribution is -2.35. The molecule has 0 unspecified atom stereocenters. The van der Waals surface area contributed by atoms with Crippen molar-refractivity contribution in [3.05, 3.63) is 65.5 Å². The van der Waals surface area contributed by atoms with Crippen molar-refractivity contribution >= 4 is 12.1 Å². The largest absolute Gasteiger partial charge is 0.465 e. The lowest BCUT2D eigenvalue weighted by molar-refractivity contribution is 0.0600. The van der Waals surface area contributed by atoms with Crippen LogP contribution in [0, 0.1) is 0 Å². The molecule has 1 amide bonds. The van der Waals surface area contributed by atoms with Crippen LogP contribution in [0.2, 0.25) is 0 Å². The van der Waals surface area contributed by atoms with Crippen LogP contribution in [-0.2, 0) is 21.6 Å². The maximum atomic E-state index is 12.0. The number of hydrogen-bond donors (Lipinski definition) is 1. The zero-order chi connectivity index (χ0) is 17.0. The van der Waals surface area contributed by atoms with Crippen LogP contribution in [0.1, 0.15) is 34.5 Å². The van der Waals surface area contributed by atoms with Gasteiger partial charge in [0.15, 0.2) is 0 Å². The van der Waals surface area contributed by atoms with E-state index in [-0.39, 0.29) is 6.61 Å². The molecule has 1 aromatic heterocycles. The van der Waals surface area contributed by atoms with Gasteiger partial charge in [-0.2, -0.15) is 0 Å². The standard InChI is InChI=1S/C18H18N2O4/c1-23-16(21)14-7-8-15(19-11-14)18(9-10-18)20-17(22)24-12-13-5-3-2-4-6-13/h2-8,11H,9-10,12H2,1H3,(H,20,22). The van der Waals surface area contributed by atoms with Crippen LogP contribution in [0.3, 0.4) is 0 Å². The van der Waals surface area contributed by atoms with E-state index in [4.69, 9.17) is 4.74 Å². The molecule has 0 radical (unpaired) electrons. The molecule has 0 bridgehead atoms. The van der Waals surface area contributed by atoms with Crippen molar-refractivity contribution in [3.8, 4) is 0 Å². The van der Waals surface area contributed by atoms with E-state index in [0.717, 1.165) is 18.4 Å². The second kappa shape index (κ2) is 6.70. The smallest absolute Gasteiger partial charge is 0.408 e. The number of nitrogens with one attached hydrogen (secondary N) is 1. The fourth-order valence-electron chi connectivity index (χ4n) is 2.44. The summed E-state index contributed by atoms with van der Waals surface area (Å²) in [6.45, 7) is 0.220. The van der Waals surface area contributed by atoms with Crippen molar-refractivity contribution in [3.63, 3.8) is 0 Å². The minimum Gasteiger partial charge on any atom is -0.465 e. The second-order valence-electron chi connectivity index (χ2n) is 5.69. The molecule has 1 fully saturated rings. The Labute approximate surface area is 139 Å². The summed E-state index contributed by atoms with van der Waals surface area (Å²) in [6, 6.07) is 12.9. The number of hydrogen-bond acceptors (Lipinski definition) is 5. The molecule has 1 aliphatic carbocycles. The Morgan fingerprint density at radius 3 is 2.50 bits per heavy atom. The van der Waals surface area contributed by atoms with Crippen LogP contribution in [0.15, 0.2) is 48.7 Å². The SMILES string of the molecule is COC(=O)c1ccc(C2(NC(=O)OCc3ccccc3)CC2)nc1. The van der Waals surface area contributed by atoms with Gasteiger partial charge in [0, 0.05) is 6.20 Å². The Kier molecular flexibility index (Phi) is 4.46. The molecule has 0 aliphatic heterocycles. The molecule has 1 aliphatic rings. The monoisotopic (exact) mass is 326 g/mol. The fraction of sp³-hybridized carbons (Fsp3) is 0.278. The Morgan fingerprint density at radius 1 is 1.17 bits per heavy atom. The number of pyridine rings is 1. The molecule has 6 nitrogen and oxygen atoms in total. The summed E-state index contributed by atoms with van der Waals surface area (Å²) in [7, 11) is 1.32. The maximum absolute atomic E-state index is 12.0. The van der Waals surface area contributed by atoms with Gasteiger partial charge in [-0.25, -0.2) is 9.59 Å². The number of alkyl carbamates (subject to hydrolysis) is 1. The van der Waals surface area contributed by atoms with Gasteiger partial charge in [0.2, 0.25) is 0 Å². The first-order valence-corrected chi connectivity index (χ1v) is 7.67. The third-order valence-corrected chi connectivity index (χ3v) is 3.98. The van der Waals surface area contributed by atoms with Crippen molar-refractivity contribution in [2.24, 2.45) is 0 Å². The van der Waals surface area contributed by atoms with E-state index in [1.54, 1.807) is 12.1 Å². The van der Waals surface area contributed by atoms with Crippen molar-refractivity contribution in [1.29, 1.82) is 0 Å². The van der Waals surface area contributed by atoms with Gasteiger partial charge in [0.05, 0.1) is 23.9 Å². The van der Waals surface area contributed by atoms with E-state index in [1.807, 2.05) is 30.3 Å². The molecule has 1 heterocycles. The van der Waals surface area contributed by atoms with Crippen molar-refractivity contribution < 1.29 is 19.1 Å². The number of aromatic nitrogens is 1. The zero-order valence-electron chi connectivity index (χ0n) is 13.3. The number of carbonyl (C=O) groups is 2. The minimum absolute atomic E-state index is 0.220.